The molecule has 2 fully saturated rings. The average molecular weight is 138 g/mol. The van der Waals surface area contributed by atoms with Crippen LogP contribution < -0.4 is 0 Å². The quantitative estimate of drug-likeness (QED) is 0.506. The third kappa shape index (κ3) is 0.727. The molecule has 2 aliphatic rings. The number of aldehydes is 1. The van der Waals surface area contributed by atoms with Crippen LogP contribution in [0.1, 0.15) is 32.6 Å². The molecule has 10 heavy (non-hydrogen) atoms. The molecule has 1 unspecified atom stereocenters. The molecule has 0 bridgehead atoms. The first-order chi connectivity index (χ1) is 4.73. The Labute approximate surface area is 61.8 Å². The van der Waals surface area contributed by atoms with Crippen LogP contribution >= 0.6 is 0 Å². The zero-order chi connectivity index (χ0) is 7.19. The summed E-state index contributed by atoms with van der Waals surface area (Å²) in [6.45, 7) is 2.11. The molecule has 0 N–H and O–H groups in total. The lowest BCUT2D eigenvalue weighted by Gasteiger charge is -2.29. The molecule has 3 atom stereocenters. The van der Waals surface area contributed by atoms with E-state index >= 15 is 0 Å². The standard InChI is InChI=1S/C9H14O/c1-9(6-10)4-7-2-3-8(7)5-9/h6-8H,2-5H2,1H3/t7-,8+,9?. The van der Waals surface area contributed by atoms with Crippen LogP contribution in [0.4, 0.5) is 0 Å². The van der Waals surface area contributed by atoms with Gasteiger partial charge in [-0.05, 0) is 37.5 Å². The fraction of sp³-hybridized carbons (Fsp3) is 0.889. The Balaban J connectivity index is 2.09. The summed E-state index contributed by atoms with van der Waals surface area (Å²) >= 11 is 0. The monoisotopic (exact) mass is 138 g/mol. The number of rotatable bonds is 1. The Bertz CT molecular complexity index is 150. The third-order valence-electron chi connectivity index (χ3n) is 3.32. The normalized spacial score (nSPS) is 51.7. The minimum absolute atomic E-state index is 0.0613. The van der Waals surface area contributed by atoms with Crippen LogP contribution in [0.3, 0.4) is 0 Å². The van der Waals surface area contributed by atoms with Crippen LogP contribution in [-0.4, -0.2) is 6.29 Å². The van der Waals surface area contributed by atoms with Gasteiger partial charge in [0.15, 0.2) is 0 Å². The van der Waals surface area contributed by atoms with E-state index in [1.807, 2.05) is 0 Å². The number of carbonyl (C=O) groups excluding carboxylic acids is 1. The van der Waals surface area contributed by atoms with Crippen LogP contribution in [0.15, 0.2) is 0 Å². The third-order valence-corrected chi connectivity index (χ3v) is 3.32. The summed E-state index contributed by atoms with van der Waals surface area (Å²) in [5, 5.41) is 0. The topological polar surface area (TPSA) is 17.1 Å². The molecule has 2 aliphatic carbocycles. The predicted octanol–water partition coefficient (Wildman–Crippen LogP) is 2.01. The van der Waals surface area contributed by atoms with Crippen molar-refractivity contribution in [1.29, 1.82) is 0 Å². The van der Waals surface area contributed by atoms with Crippen LogP contribution in [0.25, 0.3) is 0 Å². The smallest absolute Gasteiger partial charge is 0.125 e. The van der Waals surface area contributed by atoms with E-state index in [-0.39, 0.29) is 5.41 Å². The van der Waals surface area contributed by atoms with Crippen LogP contribution in [0.5, 0.6) is 0 Å². The number of hydrogen-bond donors (Lipinski definition) is 0. The molecule has 2 saturated carbocycles. The summed E-state index contributed by atoms with van der Waals surface area (Å²) in [7, 11) is 0. The molecule has 0 aliphatic heterocycles. The second-order valence-electron chi connectivity index (χ2n) is 4.28. The van der Waals surface area contributed by atoms with Gasteiger partial charge >= 0.3 is 0 Å². The average Bonchev–Trinajstić information content (AvgIpc) is 2.13. The highest BCUT2D eigenvalue weighted by Gasteiger charge is 2.46. The Morgan fingerprint density at radius 1 is 1.30 bits per heavy atom. The van der Waals surface area contributed by atoms with Gasteiger partial charge in [0, 0.05) is 5.41 Å². The maximum absolute atomic E-state index is 10.6. The first kappa shape index (κ1) is 6.38. The molecule has 0 radical (unpaired) electrons. The number of fused-ring (bicyclic) bond motifs is 1. The highest BCUT2D eigenvalue weighted by molar-refractivity contribution is 5.59. The van der Waals surface area contributed by atoms with E-state index < -0.39 is 0 Å². The second kappa shape index (κ2) is 1.84. The highest BCUT2D eigenvalue weighted by Crippen LogP contribution is 2.54. The van der Waals surface area contributed by atoms with Gasteiger partial charge in [-0.3, -0.25) is 0 Å². The van der Waals surface area contributed by atoms with Gasteiger partial charge in [-0.25, -0.2) is 0 Å². The summed E-state index contributed by atoms with van der Waals surface area (Å²) in [4.78, 5) is 10.6. The second-order valence-corrected chi connectivity index (χ2v) is 4.28. The van der Waals surface area contributed by atoms with Crippen LogP contribution in [0, 0.1) is 17.3 Å². The lowest BCUT2D eigenvalue weighted by Crippen LogP contribution is -2.18. The van der Waals surface area contributed by atoms with Crippen molar-refractivity contribution < 1.29 is 4.79 Å². The lowest BCUT2D eigenvalue weighted by molar-refractivity contribution is -0.115. The molecule has 1 nitrogen and oxygen atoms in total. The van der Waals surface area contributed by atoms with E-state index in [0.717, 1.165) is 11.8 Å². The van der Waals surface area contributed by atoms with Crippen molar-refractivity contribution in [3.63, 3.8) is 0 Å². The number of hydrogen-bond acceptors (Lipinski definition) is 1. The number of carbonyl (C=O) groups is 1. The van der Waals surface area contributed by atoms with Gasteiger partial charge in [0.05, 0.1) is 0 Å². The highest BCUT2D eigenvalue weighted by atomic mass is 16.1. The van der Waals surface area contributed by atoms with Crippen molar-refractivity contribution in [1.82, 2.24) is 0 Å². The largest absolute Gasteiger partial charge is 0.303 e. The van der Waals surface area contributed by atoms with E-state index in [2.05, 4.69) is 6.92 Å². The Morgan fingerprint density at radius 3 is 2.10 bits per heavy atom. The van der Waals surface area contributed by atoms with E-state index in [1.54, 1.807) is 0 Å². The molecule has 2 rings (SSSR count). The molecular weight excluding hydrogens is 124 g/mol. The summed E-state index contributed by atoms with van der Waals surface area (Å²) in [6.07, 6.45) is 6.27. The van der Waals surface area contributed by atoms with Crippen molar-refractivity contribution >= 4 is 6.29 Å². The summed E-state index contributed by atoms with van der Waals surface area (Å²) in [5.41, 5.74) is 0.0613. The van der Waals surface area contributed by atoms with Crippen molar-refractivity contribution in [2.45, 2.75) is 32.6 Å². The molecule has 0 saturated heterocycles. The molecule has 0 spiro atoms. The summed E-state index contributed by atoms with van der Waals surface area (Å²) in [6, 6.07) is 0. The van der Waals surface area contributed by atoms with Crippen LogP contribution in [0.2, 0.25) is 0 Å². The van der Waals surface area contributed by atoms with Crippen molar-refractivity contribution in [2.24, 2.45) is 17.3 Å². The van der Waals surface area contributed by atoms with Crippen LogP contribution in [-0.2, 0) is 4.79 Å². The Morgan fingerprint density at radius 2 is 1.80 bits per heavy atom. The summed E-state index contributed by atoms with van der Waals surface area (Å²) < 4.78 is 0. The van der Waals surface area contributed by atoms with Gasteiger partial charge in [-0.1, -0.05) is 6.92 Å². The minimum atomic E-state index is 0.0613. The first-order valence-corrected chi connectivity index (χ1v) is 4.20. The van der Waals surface area contributed by atoms with Gasteiger partial charge in [0.25, 0.3) is 0 Å². The van der Waals surface area contributed by atoms with E-state index in [4.69, 9.17) is 0 Å². The molecule has 1 heteroatoms. The van der Waals surface area contributed by atoms with Crippen molar-refractivity contribution in [3.8, 4) is 0 Å². The molecule has 0 aromatic heterocycles. The van der Waals surface area contributed by atoms with Crippen molar-refractivity contribution in [2.75, 3.05) is 0 Å². The van der Waals surface area contributed by atoms with Gasteiger partial charge in [0.2, 0.25) is 0 Å². The fourth-order valence-electron chi connectivity index (χ4n) is 2.55. The fourth-order valence-corrected chi connectivity index (χ4v) is 2.55. The molecule has 0 amide bonds. The Hall–Kier alpha value is -0.330. The Kier molecular flexibility index (Phi) is 1.17. The van der Waals surface area contributed by atoms with Gasteiger partial charge < -0.3 is 4.79 Å². The first-order valence-electron chi connectivity index (χ1n) is 4.20. The van der Waals surface area contributed by atoms with Gasteiger partial charge in [0.1, 0.15) is 6.29 Å². The zero-order valence-electron chi connectivity index (χ0n) is 6.47. The molecule has 0 heterocycles. The van der Waals surface area contributed by atoms with Gasteiger partial charge in [-0.15, -0.1) is 0 Å². The van der Waals surface area contributed by atoms with E-state index in [9.17, 15) is 4.79 Å². The SMILES string of the molecule is CC1(C=O)C[C@H]2CC[C@H]2C1. The molecule has 0 aromatic carbocycles. The lowest BCUT2D eigenvalue weighted by atomic mass is 9.77. The zero-order valence-corrected chi connectivity index (χ0v) is 6.47. The maximum Gasteiger partial charge on any atom is 0.125 e. The molecular formula is C9H14O. The maximum atomic E-state index is 10.6. The molecule has 0 aromatic rings. The minimum Gasteiger partial charge on any atom is -0.303 e. The molecule has 56 valence electrons. The van der Waals surface area contributed by atoms with E-state index in [0.29, 0.717) is 0 Å². The summed E-state index contributed by atoms with van der Waals surface area (Å²) in [5.74, 6) is 1.82. The van der Waals surface area contributed by atoms with E-state index in [1.165, 1.54) is 32.0 Å². The predicted molar refractivity (Wildman–Crippen MR) is 39.6 cm³/mol. The van der Waals surface area contributed by atoms with Gasteiger partial charge in [-0.2, -0.15) is 0 Å². The van der Waals surface area contributed by atoms with Crippen molar-refractivity contribution in [3.05, 3.63) is 0 Å².